The summed E-state index contributed by atoms with van der Waals surface area (Å²) >= 11 is 1.22. The van der Waals surface area contributed by atoms with Crippen molar-refractivity contribution in [2.45, 2.75) is 6.42 Å². The van der Waals surface area contributed by atoms with Crippen LogP contribution in [0.15, 0.2) is 53.2 Å². The minimum Gasteiger partial charge on any atom is -0.477 e. The summed E-state index contributed by atoms with van der Waals surface area (Å²) in [6.07, 6.45) is 6.75. The average molecular weight is 495 g/mol. The molecular weight excluding hydrogens is 475 g/mol. The number of rotatable bonds is 7. The third-order valence-electron chi connectivity index (χ3n) is 5.78. The zero-order valence-corrected chi connectivity index (χ0v) is 19.0. The van der Waals surface area contributed by atoms with E-state index in [2.05, 4.69) is 20.3 Å². The monoisotopic (exact) mass is 494 g/mol. The number of pyridine rings is 3. The molecule has 2 N–H and O–H groups in total. The lowest BCUT2D eigenvalue weighted by molar-refractivity contribution is -0.125. The van der Waals surface area contributed by atoms with Crippen molar-refractivity contribution in [1.82, 2.24) is 24.8 Å². The Labute approximate surface area is 201 Å². The van der Waals surface area contributed by atoms with Crippen LogP contribution >= 0.6 is 11.3 Å². The molecule has 0 aliphatic carbocycles. The maximum absolute atomic E-state index is 15.0. The number of carbonyl (C=O) groups excluding carboxylic acids is 1. The predicted octanol–water partition coefficient (Wildman–Crippen LogP) is 1.87. The summed E-state index contributed by atoms with van der Waals surface area (Å²) in [6.45, 7) is 1.02. The fourth-order valence-corrected chi connectivity index (χ4v) is 4.53. The second-order valence-corrected chi connectivity index (χ2v) is 8.90. The molecule has 1 amide bonds. The zero-order valence-electron chi connectivity index (χ0n) is 18.2. The van der Waals surface area contributed by atoms with Gasteiger partial charge in [-0.15, -0.1) is 11.3 Å². The molecule has 10 nitrogen and oxygen atoms in total. The molecule has 0 bridgehead atoms. The lowest BCUT2D eigenvalue weighted by atomic mass is 9.99. The Bertz CT molecular complexity index is 1470. The minimum atomic E-state index is -1.42. The summed E-state index contributed by atoms with van der Waals surface area (Å²) < 4.78 is 16.3. The van der Waals surface area contributed by atoms with Crippen molar-refractivity contribution in [1.29, 1.82) is 0 Å². The van der Waals surface area contributed by atoms with Crippen molar-refractivity contribution >= 4 is 40.1 Å². The van der Waals surface area contributed by atoms with Crippen LogP contribution in [-0.2, 0) is 11.2 Å². The predicted molar refractivity (Wildman–Crippen MR) is 127 cm³/mol. The number of thiazole rings is 1. The fraction of sp³-hybridized carbons (Fsp3) is 0.217. The highest BCUT2D eigenvalue weighted by Gasteiger charge is 2.35. The van der Waals surface area contributed by atoms with Crippen LogP contribution in [0.4, 0.5) is 10.2 Å². The second-order valence-electron chi connectivity index (χ2n) is 8.03. The molecule has 1 aliphatic heterocycles. The van der Waals surface area contributed by atoms with Crippen molar-refractivity contribution in [3.05, 3.63) is 75.5 Å². The highest BCUT2D eigenvalue weighted by Crippen LogP contribution is 2.29. The lowest BCUT2D eigenvalue weighted by Crippen LogP contribution is -2.54. The number of nitrogens with zero attached hydrogens (tertiary/aromatic N) is 5. The molecule has 5 heterocycles. The van der Waals surface area contributed by atoms with E-state index in [0.717, 1.165) is 17.8 Å². The largest absolute Gasteiger partial charge is 0.477 e. The Morgan fingerprint density at radius 3 is 2.69 bits per heavy atom. The molecule has 5 rings (SSSR count). The molecule has 12 heteroatoms. The van der Waals surface area contributed by atoms with E-state index in [-0.39, 0.29) is 41.8 Å². The van der Waals surface area contributed by atoms with Crippen LogP contribution in [0.3, 0.4) is 0 Å². The molecule has 1 aliphatic rings. The molecule has 178 valence electrons. The topological polar surface area (TPSA) is 130 Å². The van der Waals surface area contributed by atoms with E-state index in [1.165, 1.54) is 22.1 Å². The van der Waals surface area contributed by atoms with Gasteiger partial charge in [0.05, 0.1) is 11.3 Å². The molecule has 1 saturated heterocycles. The van der Waals surface area contributed by atoms with Crippen LogP contribution in [-0.4, -0.2) is 56.1 Å². The third-order valence-corrected chi connectivity index (χ3v) is 6.55. The van der Waals surface area contributed by atoms with E-state index in [4.69, 9.17) is 0 Å². The van der Waals surface area contributed by atoms with E-state index < -0.39 is 22.8 Å². The van der Waals surface area contributed by atoms with Gasteiger partial charge in [-0.25, -0.2) is 19.2 Å². The Morgan fingerprint density at radius 1 is 1.23 bits per heavy atom. The van der Waals surface area contributed by atoms with Crippen LogP contribution in [0, 0.1) is 11.7 Å². The van der Waals surface area contributed by atoms with E-state index in [1.807, 2.05) is 12.1 Å². The van der Waals surface area contributed by atoms with Crippen molar-refractivity contribution in [2.75, 3.05) is 24.5 Å². The first kappa shape index (κ1) is 22.6. The number of nitrogens with one attached hydrogen (secondary N) is 1. The summed E-state index contributed by atoms with van der Waals surface area (Å²) in [5.41, 5.74) is -0.172. The van der Waals surface area contributed by atoms with Gasteiger partial charge >= 0.3 is 5.97 Å². The van der Waals surface area contributed by atoms with Gasteiger partial charge in [0.1, 0.15) is 5.56 Å². The van der Waals surface area contributed by atoms with E-state index in [0.29, 0.717) is 18.1 Å². The smallest absolute Gasteiger partial charge is 0.341 e. The quantitative estimate of drug-likeness (QED) is 0.398. The molecule has 0 atom stereocenters. The van der Waals surface area contributed by atoms with Crippen molar-refractivity contribution < 1.29 is 19.1 Å². The number of amides is 1. The van der Waals surface area contributed by atoms with Gasteiger partial charge in [0.15, 0.2) is 22.4 Å². The maximum atomic E-state index is 15.0. The Kier molecular flexibility index (Phi) is 5.95. The lowest BCUT2D eigenvalue weighted by Gasteiger charge is -2.39. The maximum Gasteiger partial charge on any atom is 0.341 e. The van der Waals surface area contributed by atoms with Crippen LogP contribution in [0.5, 0.6) is 0 Å². The third kappa shape index (κ3) is 4.35. The molecular formula is C23H19FN6O4S. The number of carboxylic acid groups (broad SMARTS) is 1. The minimum absolute atomic E-state index is 0.00823. The number of halogens is 1. The number of hydrogen-bond acceptors (Lipinski definition) is 8. The van der Waals surface area contributed by atoms with E-state index in [9.17, 15) is 23.9 Å². The SMILES string of the molecule is O=C(O)c1cn(-c2nccs2)c2nc(N3CC(C(=O)NCCc4ccncc4)C3)c(F)cc2c1=O. The van der Waals surface area contributed by atoms with Gasteiger partial charge in [0, 0.05) is 49.8 Å². The Balaban J connectivity index is 1.36. The van der Waals surface area contributed by atoms with E-state index in [1.54, 1.807) is 22.7 Å². The fourth-order valence-electron chi connectivity index (χ4n) is 3.91. The molecule has 0 saturated carbocycles. The number of carboxylic acids is 1. The molecule has 0 unspecified atom stereocenters. The summed E-state index contributed by atoms with van der Waals surface area (Å²) in [5, 5.41) is 14.2. The van der Waals surface area contributed by atoms with Gasteiger partial charge in [-0.05, 0) is 30.2 Å². The van der Waals surface area contributed by atoms with Crippen molar-refractivity contribution in [2.24, 2.45) is 5.92 Å². The first-order valence-corrected chi connectivity index (χ1v) is 11.6. The molecule has 1 fully saturated rings. The van der Waals surface area contributed by atoms with Crippen molar-refractivity contribution in [3.63, 3.8) is 0 Å². The van der Waals surface area contributed by atoms with Gasteiger partial charge in [-0.2, -0.15) is 0 Å². The first-order chi connectivity index (χ1) is 16.9. The van der Waals surface area contributed by atoms with Crippen LogP contribution in [0.25, 0.3) is 16.2 Å². The number of anilines is 1. The Hall–Kier alpha value is -4.19. The zero-order chi connectivity index (χ0) is 24.5. The number of fused-ring (bicyclic) bond motifs is 1. The standard InChI is InChI=1S/C23H19FN6O4S/c24-17-9-15-18(31)16(22(33)34)12-30(23-27-7-8-35-23)19(15)28-20(17)29-10-14(11-29)21(32)26-6-3-13-1-4-25-5-2-13/h1-2,4-5,7-9,12,14H,3,6,10-11H2,(H,26,32)(H,33,34). The van der Waals surface area contributed by atoms with Crippen molar-refractivity contribution in [3.8, 4) is 5.13 Å². The van der Waals surface area contributed by atoms with Crippen LogP contribution in [0.2, 0.25) is 0 Å². The normalized spacial score (nSPS) is 13.6. The van der Waals surface area contributed by atoms with Gasteiger partial charge < -0.3 is 15.3 Å². The van der Waals surface area contributed by atoms with Gasteiger partial charge in [0.25, 0.3) is 0 Å². The summed E-state index contributed by atoms with van der Waals surface area (Å²) in [4.78, 5) is 50.8. The first-order valence-electron chi connectivity index (χ1n) is 10.7. The van der Waals surface area contributed by atoms with Crippen LogP contribution in [0.1, 0.15) is 15.9 Å². The molecule has 4 aromatic heterocycles. The van der Waals surface area contributed by atoms with Crippen LogP contribution < -0.4 is 15.6 Å². The number of aromatic nitrogens is 4. The summed E-state index contributed by atoms with van der Waals surface area (Å²) in [5.74, 6) is -2.64. The Morgan fingerprint density at radius 2 is 2.00 bits per heavy atom. The number of aromatic carboxylic acids is 1. The number of carbonyl (C=O) groups is 2. The van der Waals surface area contributed by atoms with Gasteiger partial charge in [-0.3, -0.25) is 19.1 Å². The molecule has 0 aromatic carbocycles. The second kappa shape index (κ2) is 9.22. The summed E-state index contributed by atoms with van der Waals surface area (Å²) in [6, 6.07) is 4.77. The van der Waals surface area contributed by atoms with E-state index >= 15 is 0 Å². The highest BCUT2D eigenvalue weighted by atomic mass is 32.1. The number of hydrogen-bond donors (Lipinski definition) is 2. The molecule has 0 radical (unpaired) electrons. The highest BCUT2D eigenvalue weighted by molar-refractivity contribution is 7.12. The summed E-state index contributed by atoms with van der Waals surface area (Å²) in [7, 11) is 0. The van der Waals surface area contributed by atoms with Gasteiger partial charge in [-0.1, -0.05) is 0 Å². The molecule has 4 aromatic rings. The van der Waals surface area contributed by atoms with Gasteiger partial charge in [0.2, 0.25) is 11.3 Å². The average Bonchev–Trinajstić information content (AvgIpc) is 3.34. The molecule has 35 heavy (non-hydrogen) atoms. The molecule has 0 spiro atoms.